The molecular weight excluding hydrogens is 791 g/mol. The van der Waals surface area contributed by atoms with E-state index < -0.39 is 12.1 Å². The largest absolute Gasteiger partial charge is 0.466 e. The topological polar surface area (TPSA) is 95.9 Å². The van der Waals surface area contributed by atoms with E-state index >= 15 is 0 Å². The summed E-state index contributed by atoms with van der Waals surface area (Å²) in [7, 11) is 0. The number of nitrogens with one attached hydrogen (secondary N) is 1. The SMILES string of the molecule is CCCCCCCCC/C=C\CCCCCCCC(=O)OCCCC/C=C\CCCCCCCC(=O)NC(CO)C(O)CCCCCCCCCCCCCCCCCCCCCC. The van der Waals surface area contributed by atoms with Gasteiger partial charge < -0.3 is 20.3 Å². The van der Waals surface area contributed by atoms with Crippen LogP contribution in [0, 0.1) is 0 Å². The summed E-state index contributed by atoms with van der Waals surface area (Å²) in [4.78, 5) is 24.5. The molecule has 2 atom stereocenters. The zero-order chi connectivity index (χ0) is 46.5. The highest BCUT2D eigenvalue weighted by molar-refractivity contribution is 5.76. The van der Waals surface area contributed by atoms with Crippen molar-refractivity contribution in [2.45, 2.75) is 321 Å². The van der Waals surface area contributed by atoms with Crippen LogP contribution < -0.4 is 5.32 Å². The Kier molecular flexibility index (Phi) is 52.6. The molecule has 0 aliphatic rings. The Morgan fingerprint density at radius 3 is 1.11 bits per heavy atom. The van der Waals surface area contributed by atoms with E-state index in [1.807, 2.05) is 0 Å². The van der Waals surface area contributed by atoms with Crippen LogP contribution in [0.2, 0.25) is 0 Å². The van der Waals surface area contributed by atoms with Crippen LogP contribution in [0.1, 0.15) is 309 Å². The van der Waals surface area contributed by atoms with Gasteiger partial charge in [-0.15, -0.1) is 0 Å². The molecule has 0 aromatic rings. The molecule has 0 saturated heterocycles. The van der Waals surface area contributed by atoms with Crippen molar-refractivity contribution in [1.29, 1.82) is 0 Å². The lowest BCUT2D eigenvalue weighted by molar-refractivity contribution is -0.143. The molecule has 0 rings (SSSR count). The molecule has 0 bridgehead atoms. The van der Waals surface area contributed by atoms with E-state index in [2.05, 4.69) is 43.5 Å². The van der Waals surface area contributed by atoms with Crippen LogP contribution in [0.5, 0.6) is 0 Å². The van der Waals surface area contributed by atoms with Gasteiger partial charge >= 0.3 is 5.97 Å². The summed E-state index contributed by atoms with van der Waals surface area (Å²) in [5.74, 6) is -0.100. The maximum atomic E-state index is 12.5. The summed E-state index contributed by atoms with van der Waals surface area (Å²) in [6, 6.07) is -0.563. The van der Waals surface area contributed by atoms with Gasteiger partial charge in [0.25, 0.3) is 0 Å². The first-order chi connectivity index (χ1) is 31.5. The van der Waals surface area contributed by atoms with Crippen LogP contribution in [0.3, 0.4) is 0 Å². The minimum atomic E-state index is -0.683. The molecule has 0 aromatic heterocycles. The lowest BCUT2D eigenvalue weighted by atomic mass is 10.0. The molecule has 2 unspecified atom stereocenters. The fourth-order valence-electron chi connectivity index (χ4n) is 8.81. The average Bonchev–Trinajstić information content (AvgIpc) is 3.29. The Labute approximate surface area is 399 Å². The lowest BCUT2D eigenvalue weighted by Crippen LogP contribution is -2.45. The monoisotopic (exact) mass is 902 g/mol. The van der Waals surface area contributed by atoms with Gasteiger partial charge in [0.05, 0.1) is 25.4 Å². The van der Waals surface area contributed by atoms with Gasteiger partial charge in [-0.3, -0.25) is 9.59 Å². The molecule has 1 amide bonds. The van der Waals surface area contributed by atoms with E-state index in [1.165, 1.54) is 193 Å². The molecule has 0 heterocycles. The summed E-state index contributed by atoms with van der Waals surface area (Å²) >= 11 is 0. The number of aliphatic hydroxyl groups excluding tert-OH is 2. The summed E-state index contributed by atoms with van der Waals surface area (Å²) in [6.45, 7) is 4.89. The number of hydrogen-bond donors (Lipinski definition) is 3. The fourth-order valence-corrected chi connectivity index (χ4v) is 8.81. The van der Waals surface area contributed by atoms with Gasteiger partial charge in [-0.1, -0.05) is 244 Å². The van der Waals surface area contributed by atoms with Gasteiger partial charge in [-0.05, 0) is 77.0 Å². The molecular formula is C58H111NO5. The number of allylic oxidation sites excluding steroid dienone is 4. The van der Waals surface area contributed by atoms with Crippen molar-refractivity contribution >= 4 is 11.9 Å². The molecule has 6 nitrogen and oxygen atoms in total. The quantitative estimate of drug-likeness (QED) is 0.0321. The van der Waals surface area contributed by atoms with E-state index in [4.69, 9.17) is 4.74 Å². The Hall–Kier alpha value is -1.66. The molecule has 0 saturated carbocycles. The van der Waals surface area contributed by atoms with Crippen LogP contribution in [0.4, 0.5) is 0 Å². The Morgan fingerprint density at radius 1 is 0.422 bits per heavy atom. The fraction of sp³-hybridized carbons (Fsp3) is 0.897. The number of esters is 1. The Balaban J connectivity index is 3.51. The summed E-state index contributed by atoms with van der Waals surface area (Å²) < 4.78 is 5.44. The standard InChI is InChI=1S/C58H111NO5/c1-3-5-7-9-11-13-15-17-19-21-22-23-24-25-27-30-34-38-42-46-50-56(61)55(54-60)59-57(62)51-47-43-39-35-31-29-33-37-41-45-49-53-64-58(63)52-48-44-40-36-32-28-26-20-18-16-14-12-10-8-6-4-2/h20,26,33,37,55-56,60-61H,3-19,21-25,27-32,34-36,38-54H2,1-2H3,(H,59,62)/b26-20-,37-33-. The van der Waals surface area contributed by atoms with Gasteiger partial charge in [0.1, 0.15) is 0 Å². The second-order valence-electron chi connectivity index (χ2n) is 19.6. The maximum Gasteiger partial charge on any atom is 0.305 e. The smallest absolute Gasteiger partial charge is 0.305 e. The molecule has 64 heavy (non-hydrogen) atoms. The van der Waals surface area contributed by atoms with E-state index in [-0.39, 0.29) is 18.5 Å². The predicted octanol–water partition coefficient (Wildman–Crippen LogP) is 17.5. The number of carbonyl (C=O) groups is 2. The van der Waals surface area contributed by atoms with Crippen molar-refractivity contribution in [3.8, 4) is 0 Å². The third-order valence-electron chi connectivity index (χ3n) is 13.2. The number of hydrogen-bond acceptors (Lipinski definition) is 5. The molecule has 0 fully saturated rings. The zero-order valence-corrected chi connectivity index (χ0v) is 43.0. The van der Waals surface area contributed by atoms with E-state index in [1.54, 1.807) is 0 Å². The van der Waals surface area contributed by atoms with Crippen molar-refractivity contribution in [3.63, 3.8) is 0 Å². The molecule has 3 N–H and O–H groups in total. The number of amides is 1. The molecule has 0 aromatic carbocycles. The lowest BCUT2D eigenvalue weighted by Gasteiger charge is -2.22. The third kappa shape index (κ3) is 49.8. The van der Waals surface area contributed by atoms with Crippen LogP contribution >= 0.6 is 0 Å². The summed E-state index contributed by atoms with van der Waals surface area (Å²) in [5, 5.41) is 23.3. The van der Waals surface area contributed by atoms with E-state index in [0.717, 1.165) is 83.5 Å². The number of rotatable bonds is 53. The highest BCUT2D eigenvalue weighted by Gasteiger charge is 2.20. The van der Waals surface area contributed by atoms with Gasteiger partial charge in [-0.25, -0.2) is 0 Å². The van der Waals surface area contributed by atoms with Crippen LogP contribution in [0.25, 0.3) is 0 Å². The van der Waals surface area contributed by atoms with Crippen LogP contribution in [-0.4, -0.2) is 47.4 Å². The highest BCUT2D eigenvalue weighted by atomic mass is 16.5. The second kappa shape index (κ2) is 54.0. The molecule has 0 aliphatic heterocycles. The number of unbranched alkanes of at least 4 members (excludes halogenated alkanes) is 38. The Bertz CT molecular complexity index is 997. The van der Waals surface area contributed by atoms with Gasteiger partial charge in [0.2, 0.25) is 5.91 Å². The predicted molar refractivity (Wildman–Crippen MR) is 278 cm³/mol. The normalized spacial score (nSPS) is 12.8. The highest BCUT2D eigenvalue weighted by Crippen LogP contribution is 2.17. The third-order valence-corrected chi connectivity index (χ3v) is 13.2. The number of carbonyl (C=O) groups excluding carboxylic acids is 2. The van der Waals surface area contributed by atoms with E-state index in [9.17, 15) is 19.8 Å². The van der Waals surface area contributed by atoms with Gasteiger partial charge in [0.15, 0.2) is 0 Å². The van der Waals surface area contributed by atoms with Crippen molar-refractivity contribution in [3.05, 3.63) is 24.3 Å². The van der Waals surface area contributed by atoms with Crippen molar-refractivity contribution in [2.75, 3.05) is 13.2 Å². The summed E-state index contributed by atoms with van der Waals surface area (Å²) in [6.07, 6.45) is 64.5. The zero-order valence-electron chi connectivity index (χ0n) is 43.0. The molecule has 0 radical (unpaired) electrons. The van der Waals surface area contributed by atoms with Gasteiger partial charge in [0, 0.05) is 12.8 Å². The van der Waals surface area contributed by atoms with Gasteiger partial charge in [-0.2, -0.15) is 0 Å². The summed E-state index contributed by atoms with van der Waals surface area (Å²) in [5.41, 5.74) is 0. The maximum absolute atomic E-state index is 12.5. The van der Waals surface area contributed by atoms with Crippen LogP contribution in [-0.2, 0) is 14.3 Å². The van der Waals surface area contributed by atoms with Crippen LogP contribution in [0.15, 0.2) is 24.3 Å². The first-order valence-corrected chi connectivity index (χ1v) is 28.6. The second-order valence-corrected chi connectivity index (χ2v) is 19.6. The molecule has 378 valence electrons. The van der Waals surface area contributed by atoms with Crippen molar-refractivity contribution < 1.29 is 24.5 Å². The number of aliphatic hydroxyl groups is 2. The van der Waals surface area contributed by atoms with Crippen molar-refractivity contribution in [1.82, 2.24) is 5.32 Å². The molecule has 0 spiro atoms. The number of ether oxygens (including phenoxy) is 1. The van der Waals surface area contributed by atoms with Crippen molar-refractivity contribution in [2.24, 2.45) is 0 Å². The average molecular weight is 903 g/mol. The molecule has 6 heteroatoms. The first kappa shape index (κ1) is 62.3. The Morgan fingerprint density at radius 2 is 0.734 bits per heavy atom. The first-order valence-electron chi connectivity index (χ1n) is 28.6. The minimum absolute atomic E-state index is 0.0379. The molecule has 0 aliphatic carbocycles. The minimum Gasteiger partial charge on any atom is -0.466 e. The van der Waals surface area contributed by atoms with E-state index in [0.29, 0.717) is 25.9 Å².